The van der Waals surface area contributed by atoms with E-state index in [1.165, 1.54) is 11.8 Å². The van der Waals surface area contributed by atoms with E-state index in [9.17, 15) is 9.59 Å². The van der Waals surface area contributed by atoms with E-state index in [-0.39, 0.29) is 29.6 Å². The van der Waals surface area contributed by atoms with E-state index < -0.39 is 0 Å². The highest BCUT2D eigenvalue weighted by atomic mass is 32.2. The zero-order valence-corrected chi connectivity index (χ0v) is 24.0. The summed E-state index contributed by atoms with van der Waals surface area (Å²) in [6.45, 7) is 7.55. The van der Waals surface area contributed by atoms with E-state index >= 15 is 0 Å². The van der Waals surface area contributed by atoms with Crippen LogP contribution in [0.2, 0.25) is 0 Å². The van der Waals surface area contributed by atoms with Crippen molar-refractivity contribution >= 4 is 28.6 Å². The van der Waals surface area contributed by atoms with Gasteiger partial charge < -0.3 is 19.6 Å². The van der Waals surface area contributed by atoms with Gasteiger partial charge in [0, 0.05) is 51.4 Å². The van der Waals surface area contributed by atoms with Gasteiger partial charge in [-0.3, -0.25) is 14.9 Å². The van der Waals surface area contributed by atoms with Crippen molar-refractivity contribution in [2.45, 2.75) is 75.5 Å². The molecule has 0 bridgehead atoms. The summed E-state index contributed by atoms with van der Waals surface area (Å²) in [5.41, 5.74) is 3.66. The molecule has 3 aromatic rings. The van der Waals surface area contributed by atoms with Crippen molar-refractivity contribution in [1.29, 1.82) is 0 Å². The van der Waals surface area contributed by atoms with Crippen LogP contribution in [0, 0.1) is 32.1 Å². The number of aryl methyl sites for hydroxylation is 1. The number of nitrogens with zero attached hydrogens (tertiary/aromatic N) is 1. The van der Waals surface area contributed by atoms with Gasteiger partial charge in [-0.25, -0.2) is 0 Å². The standard InChI is InChI=1S/C31H38N4O3S/c1-6-31(17-38-18-31)34-23-13-11-22(12-14-23)20(3)35-21(4)28(24-9-7-8-10-26(24)35)30(37)32-16-25-27(39-5)15-19(2)33-29(25)36/h1,7-10,15,20,22-23,34H,11-14,16-18H2,2-5H3,(H,32,37)(H,33,36)/t20-,22?,23?/m1/s1. The third kappa shape index (κ3) is 5.28. The zero-order chi connectivity index (χ0) is 27.7. The summed E-state index contributed by atoms with van der Waals surface area (Å²) in [5.74, 6) is 3.24. The Morgan fingerprint density at radius 1 is 1.26 bits per heavy atom. The second kappa shape index (κ2) is 11.2. The van der Waals surface area contributed by atoms with Crippen LogP contribution < -0.4 is 16.2 Å². The molecule has 1 amide bonds. The molecule has 3 N–H and O–H groups in total. The number of amides is 1. The number of rotatable bonds is 8. The summed E-state index contributed by atoms with van der Waals surface area (Å²) in [6.07, 6.45) is 12.1. The van der Waals surface area contributed by atoms with Gasteiger partial charge in [0.1, 0.15) is 5.54 Å². The van der Waals surface area contributed by atoms with Gasteiger partial charge in [-0.15, -0.1) is 18.2 Å². The van der Waals surface area contributed by atoms with Gasteiger partial charge in [-0.1, -0.05) is 24.1 Å². The second-order valence-electron chi connectivity index (χ2n) is 11.1. The molecule has 2 aromatic heterocycles. The van der Waals surface area contributed by atoms with E-state index in [1.807, 2.05) is 44.4 Å². The maximum atomic E-state index is 13.6. The van der Waals surface area contributed by atoms with Crippen LogP contribution in [0.4, 0.5) is 0 Å². The molecule has 1 saturated heterocycles. The molecule has 0 unspecified atom stereocenters. The highest BCUT2D eigenvalue weighted by Crippen LogP contribution is 2.38. The summed E-state index contributed by atoms with van der Waals surface area (Å²) >= 11 is 1.51. The number of hydrogen-bond acceptors (Lipinski definition) is 5. The minimum Gasteiger partial charge on any atom is -0.375 e. The molecule has 0 spiro atoms. The minimum absolute atomic E-state index is 0.156. The molecule has 7 nitrogen and oxygen atoms in total. The Morgan fingerprint density at radius 2 is 1.97 bits per heavy atom. The Bertz CT molecular complexity index is 1470. The lowest BCUT2D eigenvalue weighted by Crippen LogP contribution is -2.62. The van der Waals surface area contributed by atoms with Crippen LogP contribution in [0.1, 0.15) is 66.0 Å². The number of thioether (sulfide) groups is 1. The number of ether oxygens (including phenoxy) is 1. The summed E-state index contributed by atoms with van der Waals surface area (Å²) in [6, 6.07) is 10.7. The number of aromatic amines is 1. The zero-order valence-electron chi connectivity index (χ0n) is 23.2. The quantitative estimate of drug-likeness (QED) is 0.281. The molecule has 1 aromatic carbocycles. The van der Waals surface area contributed by atoms with Crippen molar-refractivity contribution in [3.05, 3.63) is 63.2 Å². The first kappa shape index (κ1) is 27.6. The van der Waals surface area contributed by atoms with Crippen molar-refractivity contribution in [3.63, 3.8) is 0 Å². The molecular formula is C31H38N4O3S. The number of nitrogens with one attached hydrogen (secondary N) is 3. The van der Waals surface area contributed by atoms with Gasteiger partial charge in [0.05, 0.1) is 18.8 Å². The van der Waals surface area contributed by atoms with Crippen molar-refractivity contribution < 1.29 is 9.53 Å². The highest BCUT2D eigenvalue weighted by molar-refractivity contribution is 7.98. The van der Waals surface area contributed by atoms with Gasteiger partial charge >= 0.3 is 0 Å². The molecule has 0 radical (unpaired) electrons. The molecule has 39 heavy (non-hydrogen) atoms. The molecule has 1 atom stereocenters. The minimum atomic E-state index is -0.293. The van der Waals surface area contributed by atoms with Gasteiger partial charge in [0.25, 0.3) is 11.5 Å². The number of fused-ring (bicyclic) bond motifs is 1. The maximum Gasteiger partial charge on any atom is 0.254 e. The van der Waals surface area contributed by atoms with E-state index in [2.05, 4.69) is 39.1 Å². The van der Waals surface area contributed by atoms with Crippen LogP contribution in [-0.2, 0) is 11.3 Å². The van der Waals surface area contributed by atoms with E-state index in [0.717, 1.165) is 52.9 Å². The van der Waals surface area contributed by atoms with Gasteiger partial charge in [0.15, 0.2) is 0 Å². The number of benzene rings is 1. The van der Waals surface area contributed by atoms with Crippen LogP contribution in [0.3, 0.4) is 0 Å². The maximum absolute atomic E-state index is 13.6. The normalized spacial score (nSPS) is 21.2. The molecule has 5 rings (SSSR count). The summed E-state index contributed by atoms with van der Waals surface area (Å²) in [4.78, 5) is 29.9. The molecule has 1 aliphatic carbocycles. The van der Waals surface area contributed by atoms with E-state index in [1.54, 1.807) is 0 Å². The average Bonchev–Trinajstić information content (AvgIpc) is 3.21. The van der Waals surface area contributed by atoms with Crippen molar-refractivity contribution in [1.82, 2.24) is 20.2 Å². The SMILES string of the molecule is C#CC1(NC2CCC([C@@H](C)n3c(C)c(C(=O)NCc4c(SC)cc(C)[nH]c4=O)c4ccccc43)CC2)COC1. The molecule has 8 heteroatoms. The Labute approximate surface area is 234 Å². The van der Waals surface area contributed by atoms with Crippen LogP contribution in [0.5, 0.6) is 0 Å². The van der Waals surface area contributed by atoms with Crippen LogP contribution in [0.25, 0.3) is 10.9 Å². The fourth-order valence-electron chi connectivity index (χ4n) is 6.36. The predicted molar refractivity (Wildman–Crippen MR) is 157 cm³/mol. The van der Waals surface area contributed by atoms with Crippen LogP contribution in [0.15, 0.2) is 40.0 Å². The lowest BCUT2D eigenvalue weighted by molar-refractivity contribution is -0.0504. The van der Waals surface area contributed by atoms with Gasteiger partial charge in [0.2, 0.25) is 0 Å². The molecule has 206 valence electrons. The number of para-hydroxylation sites is 1. The first-order chi connectivity index (χ1) is 18.8. The van der Waals surface area contributed by atoms with Crippen molar-refractivity contribution in [2.75, 3.05) is 19.5 Å². The lowest BCUT2D eigenvalue weighted by Gasteiger charge is -2.43. The molecule has 3 heterocycles. The molecule has 1 aliphatic heterocycles. The van der Waals surface area contributed by atoms with Crippen molar-refractivity contribution in [3.8, 4) is 12.3 Å². The number of carbonyl (C=O) groups excluding carboxylic acids is 1. The molecule has 1 saturated carbocycles. The summed E-state index contributed by atoms with van der Waals surface area (Å²) < 4.78 is 7.71. The van der Waals surface area contributed by atoms with E-state index in [4.69, 9.17) is 11.2 Å². The fourth-order valence-corrected chi connectivity index (χ4v) is 7.06. The number of carbonyl (C=O) groups is 1. The average molecular weight is 547 g/mol. The monoisotopic (exact) mass is 546 g/mol. The first-order valence-electron chi connectivity index (χ1n) is 13.7. The van der Waals surface area contributed by atoms with Crippen LogP contribution in [-0.4, -0.2) is 46.5 Å². The summed E-state index contributed by atoms with van der Waals surface area (Å²) in [7, 11) is 0. The smallest absolute Gasteiger partial charge is 0.254 e. The number of H-pyrrole nitrogens is 1. The number of pyridine rings is 1. The Kier molecular flexibility index (Phi) is 7.95. The third-order valence-electron chi connectivity index (χ3n) is 8.57. The fraction of sp³-hybridized carbons (Fsp3) is 0.484. The Morgan fingerprint density at radius 3 is 2.62 bits per heavy atom. The number of terminal acetylenes is 1. The third-order valence-corrected chi connectivity index (χ3v) is 9.38. The topological polar surface area (TPSA) is 88.2 Å². The highest BCUT2D eigenvalue weighted by Gasteiger charge is 2.39. The molecule has 2 fully saturated rings. The molecular weight excluding hydrogens is 508 g/mol. The predicted octanol–water partition coefficient (Wildman–Crippen LogP) is 4.71. The largest absolute Gasteiger partial charge is 0.375 e. The summed E-state index contributed by atoms with van der Waals surface area (Å²) in [5, 5.41) is 7.66. The second-order valence-corrected chi connectivity index (χ2v) is 11.9. The van der Waals surface area contributed by atoms with Gasteiger partial charge in [-0.05, 0) is 70.8 Å². The first-order valence-corrected chi connectivity index (χ1v) is 15.0. The number of aromatic nitrogens is 2. The Hall–Kier alpha value is -2.99. The Balaban J connectivity index is 1.35. The number of hydrogen-bond donors (Lipinski definition) is 3. The molecule has 2 aliphatic rings. The lowest BCUT2D eigenvalue weighted by atomic mass is 9.80. The van der Waals surface area contributed by atoms with Crippen molar-refractivity contribution in [2.24, 2.45) is 5.92 Å². The van der Waals surface area contributed by atoms with Crippen LogP contribution >= 0.6 is 11.8 Å². The van der Waals surface area contributed by atoms with E-state index in [0.29, 0.717) is 36.3 Å². The van der Waals surface area contributed by atoms with Gasteiger partial charge in [-0.2, -0.15) is 0 Å².